The third kappa shape index (κ3) is 12.1. The topological polar surface area (TPSA) is 177 Å². The van der Waals surface area contributed by atoms with E-state index in [9.17, 15) is 28.8 Å². The van der Waals surface area contributed by atoms with Gasteiger partial charge in [-0.15, -0.1) is 0 Å². The zero-order valence-corrected chi connectivity index (χ0v) is 31.0. The van der Waals surface area contributed by atoms with Gasteiger partial charge in [-0.1, -0.05) is 146 Å². The molecule has 1 unspecified atom stereocenters. The van der Waals surface area contributed by atoms with Gasteiger partial charge in [0.15, 0.2) is 0 Å². The van der Waals surface area contributed by atoms with Crippen molar-refractivity contribution >= 4 is 35.3 Å². The SMILES string of the molecule is CC(NC(=O)[C@H](Cc1ccccc1)NC(=O)Cc1ccccc1)C(=O)C(=O)N[C@H](Cc1ccccc1)C(=O)N[C@@H](Cc1ccc(-c2ccccc2)cc1)C(N)=O. The molecule has 5 amide bonds. The van der Waals surface area contributed by atoms with Crippen molar-refractivity contribution in [1.29, 1.82) is 0 Å². The summed E-state index contributed by atoms with van der Waals surface area (Å²) in [6, 6.07) is 39.5. The fraction of sp³-hybridized carbons (Fsp3) is 0.200. The Kier molecular flexibility index (Phi) is 14.4. The van der Waals surface area contributed by atoms with Crippen LogP contribution in [0.25, 0.3) is 11.1 Å². The van der Waals surface area contributed by atoms with Gasteiger partial charge >= 0.3 is 0 Å². The standard InChI is InChI=1S/C45H45N5O6/c1-30(47-43(54)38(27-31-14-6-2-7-15-31)48-40(51)29-33-18-10-4-11-19-33)41(52)45(56)50-39(28-32-16-8-3-9-17-32)44(55)49-37(42(46)53)26-34-22-24-36(25-23-34)35-20-12-5-13-21-35/h2-25,30,37-39H,26-29H2,1H3,(H2,46,53)(H,47,54)(H,48,51)(H,49,55)(H,50,56)/t30?,37-,38-,39+/m0/s1. The summed E-state index contributed by atoms with van der Waals surface area (Å²) in [6.07, 6.45) is 0.266. The minimum absolute atomic E-state index is 0.00369. The van der Waals surface area contributed by atoms with E-state index in [1.165, 1.54) is 6.92 Å². The van der Waals surface area contributed by atoms with Crippen LogP contribution in [0, 0.1) is 0 Å². The molecule has 0 saturated heterocycles. The second-order valence-corrected chi connectivity index (χ2v) is 13.5. The molecule has 0 saturated carbocycles. The van der Waals surface area contributed by atoms with E-state index in [2.05, 4.69) is 21.3 Å². The number of benzene rings is 5. The van der Waals surface area contributed by atoms with Gasteiger partial charge in [-0.3, -0.25) is 28.8 Å². The molecule has 56 heavy (non-hydrogen) atoms. The van der Waals surface area contributed by atoms with Crippen molar-refractivity contribution in [3.05, 3.63) is 168 Å². The number of carbonyl (C=O) groups is 6. The van der Waals surface area contributed by atoms with E-state index in [1.807, 2.05) is 103 Å². The molecular weight excluding hydrogens is 707 g/mol. The van der Waals surface area contributed by atoms with Gasteiger partial charge in [0.05, 0.1) is 12.5 Å². The molecule has 0 aliphatic carbocycles. The number of hydrogen-bond acceptors (Lipinski definition) is 6. The molecule has 11 nitrogen and oxygen atoms in total. The number of carbonyl (C=O) groups excluding carboxylic acids is 6. The third-order valence-corrected chi connectivity index (χ3v) is 9.18. The molecule has 5 aromatic rings. The van der Waals surface area contributed by atoms with E-state index in [1.54, 1.807) is 42.5 Å². The first kappa shape index (κ1) is 40.3. The highest BCUT2D eigenvalue weighted by molar-refractivity contribution is 6.38. The minimum atomic E-state index is -1.32. The Labute approximate surface area is 326 Å². The first-order valence-electron chi connectivity index (χ1n) is 18.4. The van der Waals surface area contributed by atoms with Gasteiger partial charge in [-0.25, -0.2) is 0 Å². The van der Waals surface area contributed by atoms with E-state index < -0.39 is 59.5 Å². The second-order valence-electron chi connectivity index (χ2n) is 13.5. The number of nitrogens with one attached hydrogen (secondary N) is 4. The molecule has 11 heteroatoms. The highest BCUT2D eigenvalue weighted by Crippen LogP contribution is 2.20. The number of primary amides is 1. The van der Waals surface area contributed by atoms with Crippen molar-refractivity contribution in [1.82, 2.24) is 21.3 Å². The highest BCUT2D eigenvalue weighted by Gasteiger charge is 2.32. The molecule has 0 fully saturated rings. The van der Waals surface area contributed by atoms with Gasteiger partial charge in [0, 0.05) is 19.3 Å². The predicted octanol–water partition coefficient (Wildman–Crippen LogP) is 3.64. The summed E-state index contributed by atoms with van der Waals surface area (Å²) in [5.74, 6) is -4.68. The quantitative estimate of drug-likeness (QED) is 0.0855. The molecule has 0 aliphatic heterocycles. The maximum atomic E-state index is 13.7. The van der Waals surface area contributed by atoms with Crippen LogP contribution in [0.4, 0.5) is 0 Å². The lowest BCUT2D eigenvalue weighted by Gasteiger charge is -2.23. The molecule has 6 N–H and O–H groups in total. The average Bonchev–Trinajstić information content (AvgIpc) is 3.21. The molecule has 5 aromatic carbocycles. The lowest BCUT2D eigenvalue weighted by Crippen LogP contribution is -2.57. The molecule has 0 spiro atoms. The molecule has 0 aliphatic rings. The number of nitrogens with two attached hydrogens (primary N) is 1. The summed E-state index contributed by atoms with van der Waals surface area (Å²) in [6.45, 7) is 1.35. The summed E-state index contributed by atoms with van der Waals surface area (Å²) in [4.78, 5) is 79.7. The monoisotopic (exact) mass is 751 g/mol. The van der Waals surface area contributed by atoms with Crippen LogP contribution < -0.4 is 27.0 Å². The fourth-order valence-electron chi connectivity index (χ4n) is 6.14. The Morgan fingerprint density at radius 2 is 0.875 bits per heavy atom. The van der Waals surface area contributed by atoms with Crippen molar-refractivity contribution in [3.8, 4) is 11.1 Å². The molecule has 5 rings (SSSR count). The van der Waals surface area contributed by atoms with E-state index in [-0.39, 0.29) is 25.7 Å². The van der Waals surface area contributed by atoms with Crippen molar-refractivity contribution in [2.24, 2.45) is 5.73 Å². The molecule has 0 radical (unpaired) electrons. The summed E-state index contributed by atoms with van der Waals surface area (Å²) in [7, 11) is 0. The summed E-state index contributed by atoms with van der Waals surface area (Å²) < 4.78 is 0. The predicted molar refractivity (Wildman–Crippen MR) is 214 cm³/mol. The van der Waals surface area contributed by atoms with Crippen LogP contribution in [0.3, 0.4) is 0 Å². The molecule has 4 atom stereocenters. The number of Topliss-reactive ketones (excluding diaryl/α,β-unsaturated/α-hetero) is 1. The van der Waals surface area contributed by atoms with E-state index in [4.69, 9.17) is 5.73 Å². The van der Waals surface area contributed by atoms with Crippen LogP contribution in [0.5, 0.6) is 0 Å². The second kappa shape index (κ2) is 20.0. The summed E-state index contributed by atoms with van der Waals surface area (Å²) in [5, 5.41) is 10.5. The van der Waals surface area contributed by atoms with Gasteiger partial charge in [0.1, 0.15) is 18.1 Å². The molecule has 0 bridgehead atoms. The van der Waals surface area contributed by atoms with Crippen LogP contribution >= 0.6 is 0 Å². The van der Waals surface area contributed by atoms with E-state index >= 15 is 0 Å². The summed E-state index contributed by atoms with van der Waals surface area (Å²) >= 11 is 0. The van der Waals surface area contributed by atoms with E-state index in [0.717, 1.165) is 27.8 Å². The Morgan fingerprint density at radius 1 is 0.464 bits per heavy atom. The number of ketones is 1. The molecule has 0 heterocycles. The zero-order valence-electron chi connectivity index (χ0n) is 31.0. The molecular formula is C45H45N5O6. The third-order valence-electron chi connectivity index (χ3n) is 9.18. The van der Waals surface area contributed by atoms with Gasteiger partial charge in [-0.2, -0.15) is 0 Å². The van der Waals surface area contributed by atoms with Crippen LogP contribution in [0.15, 0.2) is 146 Å². The molecule has 0 aromatic heterocycles. The van der Waals surface area contributed by atoms with Gasteiger partial charge < -0.3 is 27.0 Å². The lowest BCUT2D eigenvalue weighted by molar-refractivity contribution is -0.141. The van der Waals surface area contributed by atoms with Crippen molar-refractivity contribution in [2.45, 2.75) is 56.8 Å². The van der Waals surface area contributed by atoms with Crippen LogP contribution in [0.1, 0.15) is 29.2 Å². The normalized spacial score (nSPS) is 12.9. The Morgan fingerprint density at radius 3 is 1.39 bits per heavy atom. The maximum absolute atomic E-state index is 13.7. The van der Waals surface area contributed by atoms with Crippen LogP contribution in [0.2, 0.25) is 0 Å². The number of hydrogen-bond donors (Lipinski definition) is 5. The van der Waals surface area contributed by atoms with Gasteiger partial charge in [0.25, 0.3) is 5.91 Å². The van der Waals surface area contributed by atoms with E-state index in [0.29, 0.717) is 5.56 Å². The van der Waals surface area contributed by atoms with Gasteiger partial charge in [0.2, 0.25) is 29.4 Å². The Balaban J connectivity index is 1.25. The Hall–Kier alpha value is -6.88. The molecule has 286 valence electrons. The fourth-order valence-corrected chi connectivity index (χ4v) is 6.14. The van der Waals surface area contributed by atoms with Crippen molar-refractivity contribution in [2.75, 3.05) is 0 Å². The first-order valence-corrected chi connectivity index (χ1v) is 18.4. The minimum Gasteiger partial charge on any atom is -0.368 e. The largest absolute Gasteiger partial charge is 0.368 e. The van der Waals surface area contributed by atoms with Crippen molar-refractivity contribution < 1.29 is 28.8 Å². The first-order chi connectivity index (χ1) is 27.0. The number of amides is 5. The van der Waals surface area contributed by atoms with Crippen LogP contribution in [-0.4, -0.2) is 59.5 Å². The van der Waals surface area contributed by atoms with Gasteiger partial charge in [-0.05, 0) is 40.3 Å². The van der Waals surface area contributed by atoms with Crippen LogP contribution in [-0.2, 0) is 54.5 Å². The number of rotatable bonds is 18. The maximum Gasteiger partial charge on any atom is 0.290 e. The average molecular weight is 752 g/mol. The van der Waals surface area contributed by atoms with Crippen molar-refractivity contribution in [3.63, 3.8) is 0 Å². The zero-order chi connectivity index (χ0) is 39.9. The smallest absolute Gasteiger partial charge is 0.290 e. The highest BCUT2D eigenvalue weighted by atomic mass is 16.2. The summed E-state index contributed by atoms with van der Waals surface area (Å²) in [5.41, 5.74) is 10.7. The Bertz CT molecular complexity index is 2100. The lowest BCUT2D eigenvalue weighted by atomic mass is 9.99.